The number of aliphatic hydroxyl groups excluding tert-OH is 1. The molecule has 0 bridgehead atoms. The first-order valence-corrected chi connectivity index (χ1v) is 7.53. The van der Waals surface area contributed by atoms with Gasteiger partial charge >= 0.3 is 6.09 Å². The Labute approximate surface area is 130 Å². The summed E-state index contributed by atoms with van der Waals surface area (Å²) in [5.74, 6) is -0.569. The number of ether oxygens (including phenoxy) is 1. The lowest BCUT2D eigenvalue weighted by Gasteiger charge is -2.35. The Bertz CT molecular complexity index is 522. The van der Waals surface area contributed by atoms with Crippen LogP contribution in [0.5, 0.6) is 0 Å². The van der Waals surface area contributed by atoms with E-state index in [1.165, 1.54) is 12.3 Å². The summed E-state index contributed by atoms with van der Waals surface area (Å²) in [5, 5.41) is 10.3. The average molecular weight is 310 g/mol. The van der Waals surface area contributed by atoms with Crippen LogP contribution in [-0.4, -0.2) is 39.8 Å². The summed E-state index contributed by atoms with van der Waals surface area (Å²) in [7, 11) is 0. The van der Waals surface area contributed by atoms with E-state index >= 15 is 0 Å². The quantitative estimate of drug-likeness (QED) is 0.912. The van der Waals surface area contributed by atoms with Crippen molar-refractivity contribution in [3.63, 3.8) is 0 Å². The van der Waals surface area contributed by atoms with E-state index in [0.717, 1.165) is 6.20 Å². The first-order valence-electron chi connectivity index (χ1n) is 7.53. The lowest BCUT2D eigenvalue weighted by molar-refractivity contribution is 0.00720. The van der Waals surface area contributed by atoms with Crippen molar-refractivity contribution in [1.29, 1.82) is 0 Å². The van der Waals surface area contributed by atoms with E-state index in [0.29, 0.717) is 25.9 Å². The van der Waals surface area contributed by atoms with Gasteiger partial charge < -0.3 is 14.7 Å². The molecule has 0 spiro atoms. The number of carbonyl (C=O) groups excluding carboxylic acids is 1. The topological polar surface area (TPSA) is 62.7 Å². The number of aliphatic hydroxyl groups is 1. The number of amides is 1. The van der Waals surface area contributed by atoms with Crippen molar-refractivity contribution in [3.8, 4) is 0 Å². The Kier molecular flexibility index (Phi) is 5.01. The molecule has 1 aliphatic rings. The van der Waals surface area contributed by atoms with Gasteiger partial charge in [-0.25, -0.2) is 9.18 Å². The number of carbonyl (C=O) groups is 1. The molecule has 1 atom stereocenters. The van der Waals surface area contributed by atoms with Crippen molar-refractivity contribution in [2.24, 2.45) is 5.92 Å². The molecule has 1 aromatic rings. The van der Waals surface area contributed by atoms with E-state index in [4.69, 9.17) is 4.74 Å². The van der Waals surface area contributed by atoms with E-state index in [-0.39, 0.29) is 17.6 Å². The summed E-state index contributed by atoms with van der Waals surface area (Å²) >= 11 is 0. The van der Waals surface area contributed by atoms with Crippen molar-refractivity contribution in [3.05, 3.63) is 29.8 Å². The zero-order valence-electron chi connectivity index (χ0n) is 13.3. The second-order valence-corrected chi connectivity index (χ2v) is 6.65. The van der Waals surface area contributed by atoms with Crippen LogP contribution in [0.25, 0.3) is 0 Å². The van der Waals surface area contributed by atoms with Crippen LogP contribution in [0, 0.1) is 11.7 Å². The summed E-state index contributed by atoms with van der Waals surface area (Å²) in [4.78, 5) is 17.3. The van der Waals surface area contributed by atoms with Gasteiger partial charge in [0.15, 0.2) is 0 Å². The number of likely N-dealkylation sites (tertiary alicyclic amines) is 1. The van der Waals surface area contributed by atoms with Crippen molar-refractivity contribution in [2.75, 3.05) is 13.1 Å². The second kappa shape index (κ2) is 6.60. The molecule has 2 rings (SSSR count). The molecule has 1 N–H and O–H groups in total. The minimum absolute atomic E-state index is 0.0735. The number of rotatable bonds is 2. The minimum atomic E-state index is -0.871. The van der Waals surface area contributed by atoms with Gasteiger partial charge in [0.1, 0.15) is 11.4 Å². The van der Waals surface area contributed by atoms with Crippen LogP contribution < -0.4 is 0 Å². The molecule has 6 heteroatoms. The molecule has 0 aromatic carbocycles. The molecule has 1 amide bonds. The Hall–Kier alpha value is -1.69. The third kappa shape index (κ3) is 4.16. The van der Waals surface area contributed by atoms with Gasteiger partial charge in [-0.15, -0.1) is 0 Å². The standard InChI is InChI=1S/C16H23FN2O3/c1-16(2,3)22-15(21)19-8-5-11(6-9-19)14(20)12-4-7-18-10-13(12)17/h4,7,10-11,14,20H,5-6,8-9H2,1-3H3. The molecule has 22 heavy (non-hydrogen) atoms. The van der Waals surface area contributed by atoms with E-state index in [1.807, 2.05) is 20.8 Å². The fraction of sp³-hybridized carbons (Fsp3) is 0.625. The zero-order valence-corrected chi connectivity index (χ0v) is 13.3. The fourth-order valence-corrected chi connectivity index (χ4v) is 2.60. The number of hydrogen-bond acceptors (Lipinski definition) is 4. The van der Waals surface area contributed by atoms with E-state index in [9.17, 15) is 14.3 Å². The maximum atomic E-state index is 13.7. The SMILES string of the molecule is CC(C)(C)OC(=O)N1CCC(C(O)c2ccncc2F)CC1. The highest BCUT2D eigenvalue weighted by molar-refractivity contribution is 5.68. The van der Waals surface area contributed by atoms with Crippen LogP contribution in [0.2, 0.25) is 0 Å². The summed E-state index contributed by atoms with van der Waals surface area (Å²) in [6, 6.07) is 1.50. The Morgan fingerprint density at radius 2 is 2.09 bits per heavy atom. The predicted molar refractivity (Wildman–Crippen MR) is 79.7 cm³/mol. The number of nitrogens with zero attached hydrogens (tertiary/aromatic N) is 2. The van der Waals surface area contributed by atoms with Crippen LogP contribution in [-0.2, 0) is 4.74 Å². The maximum absolute atomic E-state index is 13.7. The second-order valence-electron chi connectivity index (χ2n) is 6.65. The van der Waals surface area contributed by atoms with Crippen molar-refractivity contribution in [1.82, 2.24) is 9.88 Å². The van der Waals surface area contributed by atoms with E-state index < -0.39 is 17.5 Å². The molecule has 1 unspecified atom stereocenters. The Morgan fingerprint density at radius 3 is 2.64 bits per heavy atom. The highest BCUT2D eigenvalue weighted by Crippen LogP contribution is 2.32. The number of hydrogen-bond donors (Lipinski definition) is 1. The first kappa shape index (κ1) is 16.7. The van der Waals surface area contributed by atoms with Gasteiger partial charge in [-0.3, -0.25) is 4.98 Å². The van der Waals surface area contributed by atoms with Crippen molar-refractivity contribution < 1.29 is 19.0 Å². The van der Waals surface area contributed by atoms with E-state index in [2.05, 4.69) is 4.98 Å². The van der Waals surface area contributed by atoms with Crippen molar-refractivity contribution in [2.45, 2.75) is 45.3 Å². The van der Waals surface area contributed by atoms with Gasteiger partial charge in [-0.2, -0.15) is 0 Å². The van der Waals surface area contributed by atoms with Crippen LogP contribution in [0.15, 0.2) is 18.5 Å². The van der Waals surface area contributed by atoms with E-state index in [1.54, 1.807) is 4.90 Å². The summed E-state index contributed by atoms with van der Waals surface area (Å²) in [6.07, 6.45) is 2.59. The lowest BCUT2D eigenvalue weighted by Crippen LogP contribution is -2.42. The minimum Gasteiger partial charge on any atom is -0.444 e. The van der Waals surface area contributed by atoms with Crippen LogP contribution >= 0.6 is 0 Å². The van der Waals surface area contributed by atoms with Gasteiger partial charge in [0, 0.05) is 24.8 Å². The number of aromatic nitrogens is 1. The number of piperidine rings is 1. The molecule has 5 nitrogen and oxygen atoms in total. The Balaban J connectivity index is 1.92. The summed E-state index contributed by atoms with van der Waals surface area (Å²) in [5.41, 5.74) is -0.251. The monoisotopic (exact) mass is 310 g/mol. The van der Waals surface area contributed by atoms with Gasteiger partial charge in [-0.05, 0) is 45.6 Å². The molecule has 0 aliphatic carbocycles. The lowest BCUT2D eigenvalue weighted by atomic mass is 9.88. The smallest absolute Gasteiger partial charge is 0.410 e. The largest absolute Gasteiger partial charge is 0.444 e. The average Bonchev–Trinajstić information content (AvgIpc) is 2.45. The summed E-state index contributed by atoms with van der Waals surface area (Å²) in [6.45, 7) is 6.49. The molecule has 1 aliphatic heterocycles. The van der Waals surface area contributed by atoms with Gasteiger partial charge in [0.25, 0.3) is 0 Å². The molecular weight excluding hydrogens is 287 g/mol. The molecule has 1 aromatic heterocycles. The molecule has 1 fully saturated rings. The van der Waals surface area contributed by atoms with Crippen LogP contribution in [0.3, 0.4) is 0 Å². The van der Waals surface area contributed by atoms with Gasteiger partial charge in [0.05, 0.1) is 12.3 Å². The fourth-order valence-electron chi connectivity index (χ4n) is 2.60. The molecule has 122 valence electrons. The van der Waals surface area contributed by atoms with Crippen molar-refractivity contribution >= 4 is 6.09 Å². The number of halogens is 1. The zero-order chi connectivity index (χ0) is 16.3. The predicted octanol–water partition coefficient (Wildman–Crippen LogP) is 2.90. The molecule has 1 saturated heterocycles. The van der Waals surface area contributed by atoms with Gasteiger partial charge in [0.2, 0.25) is 0 Å². The maximum Gasteiger partial charge on any atom is 0.410 e. The molecule has 0 saturated carbocycles. The highest BCUT2D eigenvalue weighted by Gasteiger charge is 2.31. The third-order valence-corrected chi connectivity index (χ3v) is 3.76. The molecule has 2 heterocycles. The Morgan fingerprint density at radius 1 is 1.45 bits per heavy atom. The highest BCUT2D eigenvalue weighted by atomic mass is 19.1. The normalized spacial score (nSPS) is 18.1. The molecule has 0 radical (unpaired) electrons. The third-order valence-electron chi connectivity index (χ3n) is 3.76. The van der Waals surface area contributed by atoms with Gasteiger partial charge in [-0.1, -0.05) is 0 Å². The van der Waals surface area contributed by atoms with Crippen LogP contribution in [0.1, 0.15) is 45.3 Å². The first-order chi connectivity index (χ1) is 10.3. The number of pyridine rings is 1. The van der Waals surface area contributed by atoms with Crippen LogP contribution in [0.4, 0.5) is 9.18 Å². The molecular formula is C16H23FN2O3. The summed E-state index contributed by atoms with van der Waals surface area (Å²) < 4.78 is 19.0.